The first kappa shape index (κ1) is 12.7. The number of hydrogen-bond acceptors (Lipinski definition) is 2. The first-order valence-corrected chi connectivity index (χ1v) is 6.43. The van der Waals surface area contributed by atoms with Gasteiger partial charge in [-0.05, 0) is 58.8 Å². The molecule has 0 saturated carbocycles. The Morgan fingerprint density at radius 1 is 1.33 bits per heavy atom. The van der Waals surface area contributed by atoms with Crippen molar-refractivity contribution in [3.63, 3.8) is 0 Å². The molecule has 1 rings (SSSR count). The third kappa shape index (κ3) is 5.33. The van der Waals surface area contributed by atoms with Crippen molar-refractivity contribution < 1.29 is 0 Å². The van der Waals surface area contributed by atoms with Crippen LogP contribution in [-0.2, 0) is 0 Å². The molecule has 1 fully saturated rings. The van der Waals surface area contributed by atoms with E-state index in [0.29, 0.717) is 0 Å². The molecule has 2 nitrogen and oxygen atoms in total. The van der Waals surface area contributed by atoms with Gasteiger partial charge in [-0.3, -0.25) is 0 Å². The highest BCUT2D eigenvalue weighted by Crippen LogP contribution is 2.10. The van der Waals surface area contributed by atoms with Gasteiger partial charge in [0.25, 0.3) is 0 Å². The highest BCUT2D eigenvalue weighted by Gasteiger charge is 2.14. The number of likely N-dealkylation sites (tertiary alicyclic amines) is 1. The molecule has 15 heavy (non-hydrogen) atoms. The van der Waals surface area contributed by atoms with Gasteiger partial charge < -0.3 is 10.2 Å². The van der Waals surface area contributed by atoms with Crippen LogP contribution in [0.15, 0.2) is 12.2 Å². The summed E-state index contributed by atoms with van der Waals surface area (Å²) in [4.78, 5) is 2.56. The Hall–Kier alpha value is -0.340. The summed E-state index contributed by atoms with van der Waals surface area (Å²) in [6, 6.07) is 0.756. The SMILES string of the molecule is C/C=C/CCNC1CCCN(CC)CC1. The van der Waals surface area contributed by atoms with Crippen molar-refractivity contribution in [2.75, 3.05) is 26.2 Å². The van der Waals surface area contributed by atoms with Gasteiger partial charge in [0.1, 0.15) is 0 Å². The molecule has 1 unspecified atom stereocenters. The van der Waals surface area contributed by atoms with Crippen LogP contribution in [0.25, 0.3) is 0 Å². The van der Waals surface area contributed by atoms with Crippen LogP contribution in [-0.4, -0.2) is 37.1 Å². The molecule has 1 N–H and O–H groups in total. The van der Waals surface area contributed by atoms with Gasteiger partial charge in [0.05, 0.1) is 0 Å². The molecule has 0 aromatic rings. The molecule has 2 heteroatoms. The molecule has 0 spiro atoms. The lowest BCUT2D eigenvalue weighted by Crippen LogP contribution is -2.31. The summed E-state index contributed by atoms with van der Waals surface area (Å²) in [5, 5.41) is 3.66. The molecule has 1 saturated heterocycles. The minimum Gasteiger partial charge on any atom is -0.314 e. The summed E-state index contributed by atoms with van der Waals surface area (Å²) in [6.07, 6.45) is 9.57. The molecule has 1 heterocycles. The van der Waals surface area contributed by atoms with E-state index in [-0.39, 0.29) is 0 Å². The highest BCUT2D eigenvalue weighted by molar-refractivity contribution is 4.80. The van der Waals surface area contributed by atoms with Gasteiger partial charge in [0.2, 0.25) is 0 Å². The van der Waals surface area contributed by atoms with E-state index in [0.717, 1.165) is 12.6 Å². The average Bonchev–Trinajstić information content (AvgIpc) is 2.49. The minimum atomic E-state index is 0.756. The molecular weight excluding hydrogens is 184 g/mol. The van der Waals surface area contributed by atoms with Crippen LogP contribution >= 0.6 is 0 Å². The first-order valence-electron chi connectivity index (χ1n) is 6.43. The van der Waals surface area contributed by atoms with E-state index in [1.165, 1.54) is 45.3 Å². The first-order chi connectivity index (χ1) is 7.36. The Morgan fingerprint density at radius 3 is 2.93 bits per heavy atom. The van der Waals surface area contributed by atoms with E-state index in [1.807, 2.05) is 0 Å². The van der Waals surface area contributed by atoms with Crippen molar-refractivity contribution in [1.29, 1.82) is 0 Å². The molecular formula is C13H26N2. The third-order valence-electron chi connectivity index (χ3n) is 3.25. The highest BCUT2D eigenvalue weighted by atomic mass is 15.1. The second-order valence-corrected chi connectivity index (χ2v) is 4.37. The summed E-state index contributed by atoms with van der Waals surface area (Å²) < 4.78 is 0. The summed E-state index contributed by atoms with van der Waals surface area (Å²) in [7, 11) is 0. The molecule has 0 aliphatic carbocycles. The van der Waals surface area contributed by atoms with Crippen LogP contribution in [0.5, 0.6) is 0 Å². The van der Waals surface area contributed by atoms with Crippen molar-refractivity contribution >= 4 is 0 Å². The summed E-state index contributed by atoms with van der Waals surface area (Å²) >= 11 is 0. The Labute approximate surface area is 94.7 Å². The van der Waals surface area contributed by atoms with Crippen molar-refractivity contribution in [3.8, 4) is 0 Å². The zero-order chi connectivity index (χ0) is 10.9. The van der Waals surface area contributed by atoms with Gasteiger partial charge >= 0.3 is 0 Å². The molecule has 1 atom stereocenters. The summed E-state index contributed by atoms with van der Waals surface area (Å²) in [5.41, 5.74) is 0. The zero-order valence-corrected chi connectivity index (χ0v) is 10.3. The molecule has 1 aliphatic rings. The van der Waals surface area contributed by atoms with Crippen LogP contribution in [0.4, 0.5) is 0 Å². The van der Waals surface area contributed by atoms with Gasteiger partial charge in [0, 0.05) is 6.04 Å². The molecule has 1 aliphatic heterocycles. The van der Waals surface area contributed by atoms with E-state index >= 15 is 0 Å². The van der Waals surface area contributed by atoms with Crippen molar-refractivity contribution in [2.24, 2.45) is 0 Å². The van der Waals surface area contributed by atoms with Crippen molar-refractivity contribution in [2.45, 2.75) is 45.6 Å². The minimum absolute atomic E-state index is 0.756. The predicted octanol–water partition coefficient (Wildman–Crippen LogP) is 2.42. The Bertz CT molecular complexity index is 177. The summed E-state index contributed by atoms with van der Waals surface area (Å²) in [6.45, 7) is 9.28. The second kappa shape index (κ2) is 7.89. The van der Waals surface area contributed by atoms with Gasteiger partial charge in [-0.15, -0.1) is 0 Å². The molecule has 0 amide bonds. The molecule has 88 valence electrons. The maximum atomic E-state index is 3.66. The number of nitrogens with zero attached hydrogens (tertiary/aromatic N) is 1. The Morgan fingerprint density at radius 2 is 2.20 bits per heavy atom. The van der Waals surface area contributed by atoms with E-state index in [9.17, 15) is 0 Å². The van der Waals surface area contributed by atoms with Gasteiger partial charge in [-0.2, -0.15) is 0 Å². The topological polar surface area (TPSA) is 15.3 Å². The third-order valence-corrected chi connectivity index (χ3v) is 3.25. The standard InChI is InChI=1S/C13H26N2/c1-3-5-6-10-14-13-8-7-11-15(4-2)12-9-13/h3,5,13-14H,4,6-12H2,1-2H3/b5-3+. The lowest BCUT2D eigenvalue weighted by Gasteiger charge is -2.18. The lowest BCUT2D eigenvalue weighted by molar-refractivity contribution is 0.297. The van der Waals surface area contributed by atoms with Crippen molar-refractivity contribution in [3.05, 3.63) is 12.2 Å². The summed E-state index contributed by atoms with van der Waals surface area (Å²) in [5.74, 6) is 0. The van der Waals surface area contributed by atoms with Crippen LogP contribution in [0.1, 0.15) is 39.5 Å². The number of allylic oxidation sites excluding steroid dienone is 1. The fraction of sp³-hybridized carbons (Fsp3) is 0.846. The van der Waals surface area contributed by atoms with E-state index in [1.54, 1.807) is 0 Å². The smallest absolute Gasteiger partial charge is 0.00798 e. The number of hydrogen-bond donors (Lipinski definition) is 1. The molecule has 0 radical (unpaired) electrons. The van der Waals surface area contributed by atoms with E-state index in [2.05, 4.69) is 36.2 Å². The predicted molar refractivity (Wildman–Crippen MR) is 67.2 cm³/mol. The van der Waals surface area contributed by atoms with Gasteiger partial charge in [-0.25, -0.2) is 0 Å². The number of rotatable bonds is 5. The monoisotopic (exact) mass is 210 g/mol. The van der Waals surface area contributed by atoms with Crippen LogP contribution in [0.2, 0.25) is 0 Å². The van der Waals surface area contributed by atoms with Crippen LogP contribution in [0.3, 0.4) is 0 Å². The maximum Gasteiger partial charge on any atom is 0.00798 e. The molecule has 0 aromatic carbocycles. The fourth-order valence-electron chi connectivity index (χ4n) is 2.21. The Kier molecular flexibility index (Phi) is 6.69. The van der Waals surface area contributed by atoms with Gasteiger partial charge in [0.15, 0.2) is 0 Å². The number of nitrogens with one attached hydrogen (secondary N) is 1. The van der Waals surface area contributed by atoms with Crippen LogP contribution < -0.4 is 5.32 Å². The van der Waals surface area contributed by atoms with Gasteiger partial charge in [-0.1, -0.05) is 19.1 Å². The zero-order valence-electron chi connectivity index (χ0n) is 10.3. The van der Waals surface area contributed by atoms with E-state index in [4.69, 9.17) is 0 Å². The largest absolute Gasteiger partial charge is 0.314 e. The maximum absolute atomic E-state index is 3.66. The lowest BCUT2D eigenvalue weighted by atomic mass is 10.1. The van der Waals surface area contributed by atoms with Crippen LogP contribution in [0, 0.1) is 0 Å². The van der Waals surface area contributed by atoms with E-state index < -0.39 is 0 Å². The fourth-order valence-corrected chi connectivity index (χ4v) is 2.21. The molecule has 0 bridgehead atoms. The average molecular weight is 210 g/mol. The Balaban J connectivity index is 2.14. The molecule has 0 aromatic heterocycles. The van der Waals surface area contributed by atoms with Crippen molar-refractivity contribution in [1.82, 2.24) is 10.2 Å². The second-order valence-electron chi connectivity index (χ2n) is 4.37. The quantitative estimate of drug-likeness (QED) is 0.554. The normalized spacial score (nSPS) is 24.5.